The average Bonchev–Trinajstić information content (AvgIpc) is 2.90. The fourth-order valence-corrected chi connectivity index (χ4v) is 6.77. The number of carbonyl (C=O) groups excluding carboxylic acids is 4. The molecule has 12 heteroatoms. The van der Waals surface area contributed by atoms with Crippen LogP contribution in [0.3, 0.4) is 0 Å². The summed E-state index contributed by atoms with van der Waals surface area (Å²) in [5, 5.41) is 47.8. The zero-order valence-electron chi connectivity index (χ0n) is 24.2. The Kier molecular flexibility index (Phi) is 7.41. The molecule has 0 saturated carbocycles. The number of nitrogens with two attached hydrogens (primary N) is 1. The van der Waals surface area contributed by atoms with Crippen LogP contribution in [-0.2, 0) is 20.8 Å². The number of aliphatic hydroxyl groups excluding tert-OH is 2. The summed E-state index contributed by atoms with van der Waals surface area (Å²) in [4.78, 5) is 55.2. The van der Waals surface area contributed by atoms with Gasteiger partial charge in [0.15, 0.2) is 11.4 Å². The second-order valence-corrected chi connectivity index (χ2v) is 11.8. The van der Waals surface area contributed by atoms with E-state index < -0.39 is 58.0 Å². The molecule has 7 N–H and O–H groups in total. The summed E-state index contributed by atoms with van der Waals surface area (Å²) in [6, 6.07) is 8.98. The Morgan fingerprint density at radius 1 is 1.07 bits per heavy atom. The van der Waals surface area contributed by atoms with Gasteiger partial charge in [-0.2, -0.15) is 0 Å². The van der Waals surface area contributed by atoms with Crippen molar-refractivity contribution in [2.45, 2.75) is 24.5 Å². The van der Waals surface area contributed by atoms with Gasteiger partial charge in [-0.25, -0.2) is 0 Å². The van der Waals surface area contributed by atoms with E-state index in [0.717, 1.165) is 0 Å². The Labute approximate surface area is 247 Å². The molecule has 0 aromatic heterocycles. The monoisotopic (exact) mass is 590 g/mol. The van der Waals surface area contributed by atoms with Crippen LogP contribution in [0, 0.1) is 11.8 Å². The van der Waals surface area contributed by atoms with Crippen LogP contribution in [-0.4, -0.2) is 100.0 Å². The Hall–Kier alpha value is -4.52. The SMILES string of the molecule is CN(C)CC(=O)Nc1cccc(-c2ccc(O)c3c2C[C@H]2C[C@H]4C(N(C)C)C(O)=C(C(N)=O)C(=O)[C@@]4(O)C(O)=C2C3=O)c1. The number of hydrogen-bond acceptors (Lipinski definition) is 10. The van der Waals surface area contributed by atoms with Crippen molar-refractivity contribution in [3.63, 3.8) is 0 Å². The summed E-state index contributed by atoms with van der Waals surface area (Å²) < 4.78 is 0. The first kappa shape index (κ1) is 30.0. The quantitative estimate of drug-likeness (QED) is 0.267. The van der Waals surface area contributed by atoms with Crippen molar-refractivity contribution in [3.8, 4) is 16.9 Å². The molecule has 0 saturated heterocycles. The van der Waals surface area contributed by atoms with Crippen molar-refractivity contribution in [3.05, 3.63) is 70.2 Å². The normalized spacial score (nSPS) is 25.0. The van der Waals surface area contributed by atoms with Gasteiger partial charge in [0, 0.05) is 17.2 Å². The number of primary amides is 1. The maximum atomic E-state index is 14.0. The van der Waals surface area contributed by atoms with E-state index >= 15 is 0 Å². The first-order valence-electron chi connectivity index (χ1n) is 13.7. The highest BCUT2D eigenvalue weighted by molar-refractivity contribution is 6.25. The first-order chi connectivity index (χ1) is 20.2. The third kappa shape index (κ3) is 4.67. The molecule has 3 aliphatic rings. The summed E-state index contributed by atoms with van der Waals surface area (Å²) in [5.41, 5.74) is 3.84. The second-order valence-electron chi connectivity index (χ2n) is 11.8. The summed E-state index contributed by atoms with van der Waals surface area (Å²) >= 11 is 0. The fourth-order valence-electron chi connectivity index (χ4n) is 6.77. The molecule has 3 aliphatic carbocycles. The van der Waals surface area contributed by atoms with Crippen molar-refractivity contribution < 1.29 is 39.6 Å². The molecule has 226 valence electrons. The van der Waals surface area contributed by atoms with Crippen molar-refractivity contribution in [2.75, 3.05) is 40.1 Å². The number of nitrogens with one attached hydrogen (secondary N) is 1. The van der Waals surface area contributed by atoms with Gasteiger partial charge in [0.2, 0.25) is 11.7 Å². The van der Waals surface area contributed by atoms with Crippen LogP contribution in [0.1, 0.15) is 22.3 Å². The van der Waals surface area contributed by atoms with Crippen LogP contribution in [0.5, 0.6) is 5.75 Å². The zero-order valence-corrected chi connectivity index (χ0v) is 24.2. The predicted molar refractivity (Wildman–Crippen MR) is 156 cm³/mol. The number of ketones is 2. The zero-order chi connectivity index (χ0) is 31.5. The number of phenols is 1. The highest BCUT2D eigenvalue weighted by Gasteiger charge is 2.63. The topological polar surface area (TPSA) is 194 Å². The van der Waals surface area contributed by atoms with Crippen LogP contribution >= 0.6 is 0 Å². The van der Waals surface area contributed by atoms with Gasteiger partial charge in [0.1, 0.15) is 22.8 Å². The number of aliphatic hydroxyl groups is 3. The van der Waals surface area contributed by atoms with E-state index in [1.807, 2.05) is 0 Å². The number of phenolic OH excluding ortho intramolecular Hbond substituents is 1. The molecule has 43 heavy (non-hydrogen) atoms. The lowest BCUT2D eigenvalue weighted by Crippen LogP contribution is -2.63. The molecular formula is C31H34N4O8. The summed E-state index contributed by atoms with van der Waals surface area (Å²) in [6.07, 6.45) is 0.136. The van der Waals surface area contributed by atoms with E-state index in [1.165, 1.54) is 11.0 Å². The number of hydrogen-bond donors (Lipinski definition) is 6. The molecule has 2 amide bonds. The molecule has 2 aromatic carbocycles. The Morgan fingerprint density at radius 2 is 1.77 bits per heavy atom. The number of rotatable bonds is 6. The van der Waals surface area contributed by atoms with Gasteiger partial charge in [-0.3, -0.25) is 24.1 Å². The van der Waals surface area contributed by atoms with Gasteiger partial charge >= 0.3 is 0 Å². The minimum atomic E-state index is -2.70. The minimum absolute atomic E-state index is 0.0124. The number of carbonyl (C=O) groups is 4. The molecular weight excluding hydrogens is 556 g/mol. The van der Waals surface area contributed by atoms with Crippen molar-refractivity contribution in [2.24, 2.45) is 17.6 Å². The van der Waals surface area contributed by atoms with Gasteiger partial charge in [0.05, 0.1) is 18.2 Å². The Balaban J connectivity index is 1.63. The maximum absolute atomic E-state index is 14.0. The number of fused-ring (bicyclic) bond motifs is 3. The summed E-state index contributed by atoms with van der Waals surface area (Å²) in [7, 11) is 6.71. The number of nitrogens with zero attached hydrogens (tertiary/aromatic N) is 2. The molecule has 0 heterocycles. The molecule has 0 aliphatic heterocycles. The van der Waals surface area contributed by atoms with Crippen molar-refractivity contribution >= 4 is 29.1 Å². The number of anilines is 1. The molecule has 0 fully saturated rings. The Morgan fingerprint density at radius 3 is 2.40 bits per heavy atom. The molecule has 1 unspecified atom stereocenters. The van der Waals surface area contributed by atoms with E-state index in [2.05, 4.69) is 5.32 Å². The van der Waals surface area contributed by atoms with Gasteiger partial charge < -0.3 is 36.4 Å². The molecule has 12 nitrogen and oxygen atoms in total. The highest BCUT2D eigenvalue weighted by atomic mass is 16.3. The number of aromatic hydroxyl groups is 1. The van der Waals surface area contributed by atoms with Crippen LogP contribution in [0.15, 0.2) is 59.1 Å². The maximum Gasteiger partial charge on any atom is 0.255 e. The van der Waals surface area contributed by atoms with Crippen LogP contribution in [0.4, 0.5) is 5.69 Å². The van der Waals surface area contributed by atoms with E-state index in [4.69, 9.17) is 5.73 Å². The lowest BCUT2D eigenvalue weighted by atomic mass is 9.58. The molecule has 2 aromatic rings. The second kappa shape index (κ2) is 10.6. The van der Waals surface area contributed by atoms with Crippen molar-refractivity contribution in [1.82, 2.24) is 9.80 Å². The number of Topliss-reactive ketones (excluding diaryl/α,β-unsaturated/α-hetero) is 2. The molecule has 4 atom stereocenters. The molecule has 0 spiro atoms. The third-order valence-corrected chi connectivity index (χ3v) is 8.52. The van der Waals surface area contributed by atoms with Gasteiger partial charge in [-0.05, 0) is 81.8 Å². The number of benzene rings is 2. The van der Waals surface area contributed by atoms with E-state index in [-0.39, 0.29) is 42.2 Å². The molecule has 0 radical (unpaired) electrons. The third-order valence-electron chi connectivity index (χ3n) is 8.52. The van der Waals surface area contributed by atoms with Crippen LogP contribution in [0.2, 0.25) is 0 Å². The lowest BCUT2D eigenvalue weighted by Gasteiger charge is -2.50. The van der Waals surface area contributed by atoms with Gasteiger partial charge in [-0.15, -0.1) is 0 Å². The lowest BCUT2D eigenvalue weighted by molar-refractivity contribution is -0.148. The van der Waals surface area contributed by atoms with E-state index in [1.54, 1.807) is 63.4 Å². The van der Waals surface area contributed by atoms with Crippen LogP contribution in [0.25, 0.3) is 11.1 Å². The van der Waals surface area contributed by atoms with E-state index in [0.29, 0.717) is 22.4 Å². The summed E-state index contributed by atoms with van der Waals surface area (Å²) in [5.74, 6) is -7.23. The fraction of sp³-hybridized carbons (Fsp3) is 0.355. The number of amides is 2. The largest absolute Gasteiger partial charge is 0.510 e. The standard InChI is InChI=1S/C31H34N4O8/c1-34(2)13-21(37)33-16-7-5-6-14(10-16)17-8-9-20(36)23-18(17)11-15-12-19-25(35(3)4)27(39)24(30(32)42)29(41)31(19,43)28(40)22(15)26(23)38/h5-10,15,19,25,36,39-40,43H,11-13H2,1-4H3,(H2,32,42)(H,33,37)/t15-,19-,25?,31-/m0/s1. The first-order valence-corrected chi connectivity index (χ1v) is 13.7. The highest BCUT2D eigenvalue weighted by Crippen LogP contribution is 2.53. The molecule has 5 rings (SSSR count). The van der Waals surface area contributed by atoms with E-state index in [9.17, 15) is 39.6 Å². The molecule has 0 bridgehead atoms. The van der Waals surface area contributed by atoms with Crippen LogP contribution < -0.4 is 11.1 Å². The minimum Gasteiger partial charge on any atom is -0.510 e. The Bertz CT molecular complexity index is 1640. The van der Waals surface area contributed by atoms with Gasteiger partial charge in [0.25, 0.3) is 5.91 Å². The smallest absolute Gasteiger partial charge is 0.255 e. The average molecular weight is 591 g/mol. The van der Waals surface area contributed by atoms with Crippen molar-refractivity contribution in [1.29, 1.82) is 0 Å². The number of likely N-dealkylation sites (N-methyl/N-ethyl adjacent to an activating group) is 2. The summed E-state index contributed by atoms with van der Waals surface area (Å²) in [6.45, 7) is 0.184. The number of allylic oxidation sites excluding steroid dienone is 1. The predicted octanol–water partition coefficient (Wildman–Crippen LogP) is 1.29. The van der Waals surface area contributed by atoms with Gasteiger partial charge in [-0.1, -0.05) is 18.2 Å².